The molecule has 10 heteroatoms. The average molecular weight is 375 g/mol. The first-order valence-electron chi connectivity index (χ1n) is 5.68. The van der Waals surface area contributed by atoms with Crippen molar-refractivity contribution in [2.24, 2.45) is 0 Å². The van der Waals surface area contributed by atoms with Crippen molar-refractivity contribution in [2.45, 2.75) is 18.4 Å². The molecule has 0 saturated carbocycles. The Hall–Kier alpha value is -1.78. The van der Waals surface area contributed by atoms with Crippen LogP contribution >= 0.6 is 15.9 Å². The summed E-state index contributed by atoms with van der Waals surface area (Å²) in [6.45, 7) is 1.54. The quantitative estimate of drug-likeness (QED) is 0.718. The van der Waals surface area contributed by atoms with Crippen molar-refractivity contribution in [2.75, 3.05) is 0 Å². The molecule has 1 aromatic heterocycles. The first-order chi connectivity index (χ1) is 9.81. The molecule has 112 valence electrons. The van der Waals surface area contributed by atoms with Crippen LogP contribution in [-0.2, 0) is 16.6 Å². The summed E-state index contributed by atoms with van der Waals surface area (Å²) < 4.78 is 27.2. The zero-order valence-electron chi connectivity index (χ0n) is 10.8. The SMILES string of the molecule is Cc1cc(C(=O)O)cc(S(=O)(=O)NCc2ncn[nH]2)c1Br. The van der Waals surface area contributed by atoms with Gasteiger partial charge >= 0.3 is 5.97 Å². The van der Waals surface area contributed by atoms with E-state index in [4.69, 9.17) is 5.11 Å². The molecular formula is C11H11BrN4O4S. The average Bonchev–Trinajstić information content (AvgIpc) is 2.92. The van der Waals surface area contributed by atoms with Crippen LogP contribution < -0.4 is 4.72 Å². The van der Waals surface area contributed by atoms with Gasteiger partial charge in [-0.2, -0.15) is 5.10 Å². The third-order valence-electron chi connectivity index (χ3n) is 2.65. The standard InChI is InChI=1S/C11H11BrN4O4S/c1-6-2-7(11(17)18)3-8(10(6)12)21(19,20)15-4-9-13-5-14-16-9/h2-3,5,15H,4H2,1H3,(H,17,18)(H,13,14,16). The molecule has 2 aromatic rings. The number of aromatic amines is 1. The van der Waals surface area contributed by atoms with Crippen molar-refractivity contribution in [1.82, 2.24) is 19.9 Å². The van der Waals surface area contributed by atoms with Crippen LogP contribution in [-0.4, -0.2) is 34.7 Å². The molecule has 0 bridgehead atoms. The minimum Gasteiger partial charge on any atom is -0.478 e. The summed E-state index contributed by atoms with van der Waals surface area (Å²) in [4.78, 5) is 14.7. The number of sulfonamides is 1. The second-order valence-corrected chi connectivity index (χ2v) is 6.70. The number of nitrogens with zero attached hydrogens (tertiary/aromatic N) is 2. The summed E-state index contributed by atoms with van der Waals surface area (Å²) in [5.41, 5.74) is 0.408. The van der Waals surface area contributed by atoms with E-state index >= 15 is 0 Å². The van der Waals surface area contributed by atoms with Crippen LogP contribution in [0.1, 0.15) is 21.7 Å². The minimum atomic E-state index is -3.89. The van der Waals surface area contributed by atoms with Gasteiger partial charge in [-0.25, -0.2) is 22.9 Å². The second kappa shape index (κ2) is 5.92. The molecule has 3 N–H and O–H groups in total. The van der Waals surface area contributed by atoms with E-state index in [-0.39, 0.29) is 17.0 Å². The number of aromatic nitrogens is 3. The number of H-pyrrole nitrogens is 1. The Labute approximate surface area is 128 Å². The van der Waals surface area contributed by atoms with Crippen LogP contribution in [0.15, 0.2) is 27.8 Å². The summed E-state index contributed by atoms with van der Waals surface area (Å²) in [7, 11) is -3.89. The molecule has 0 fully saturated rings. The lowest BCUT2D eigenvalue weighted by Gasteiger charge is -2.10. The molecule has 0 atom stereocenters. The number of halogens is 1. The van der Waals surface area contributed by atoms with Gasteiger partial charge in [0, 0.05) is 4.47 Å². The number of benzene rings is 1. The molecule has 1 heterocycles. The Bertz CT molecular complexity index is 774. The predicted octanol–water partition coefficient (Wildman–Crippen LogP) is 1.05. The normalized spacial score (nSPS) is 11.5. The summed E-state index contributed by atoms with van der Waals surface area (Å²) >= 11 is 3.17. The van der Waals surface area contributed by atoms with Crippen LogP contribution in [0, 0.1) is 6.92 Å². The van der Waals surface area contributed by atoms with E-state index < -0.39 is 16.0 Å². The zero-order valence-corrected chi connectivity index (χ0v) is 13.2. The number of rotatable bonds is 5. The lowest BCUT2D eigenvalue weighted by Crippen LogP contribution is -2.24. The molecule has 0 aliphatic rings. The van der Waals surface area contributed by atoms with Crippen LogP contribution in [0.3, 0.4) is 0 Å². The number of hydrogen-bond acceptors (Lipinski definition) is 5. The molecule has 0 radical (unpaired) electrons. The van der Waals surface area contributed by atoms with Gasteiger partial charge in [0.1, 0.15) is 12.2 Å². The van der Waals surface area contributed by atoms with Gasteiger partial charge in [-0.3, -0.25) is 5.10 Å². The highest BCUT2D eigenvalue weighted by molar-refractivity contribution is 9.10. The maximum atomic E-state index is 12.3. The number of aryl methyl sites for hydroxylation is 1. The minimum absolute atomic E-state index is 0.0783. The van der Waals surface area contributed by atoms with E-state index in [0.717, 1.165) is 6.07 Å². The third-order valence-corrected chi connectivity index (χ3v) is 5.39. The number of carboxylic acid groups (broad SMARTS) is 1. The monoisotopic (exact) mass is 374 g/mol. The fraction of sp³-hybridized carbons (Fsp3) is 0.182. The Balaban J connectivity index is 2.37. The van der Waals surface area contributed by atoms with Crippen LogP contribution in [0.5, 0.6) is 0 Å². The lowest BCUT2D eigenvalue weighted by molar-refractivity contribution is 0.0696. The first-order valence-corrected chi connectivity index (χ1v) is 7.96. The van der Waals surface area contributed by atoms with Crippen LogP contribution in [0.4, 0.5) is 0 Å². The highest BCUT2D eigenvalue weighted by atomic mass is 79.9. The van der Waals surface area contributed by atoms with E-state index in [2.05, 4.69) is 35.8 Å². The molecule has 8 nitrogen and oxygen atoms in total. The zero-order chi connectivity index (χ0) is 15.6. The van der Waals surface area contributed by atoms with Gasteiger partial charge in [-0.15, -0.1) is 0 Å². The Kier molecular flexibility index (Phi) is 4.40. The first kappa shape index (κ1) is 15.6. The summed E-state index contributed by atoms with van der Waals surface area (Å²) in [6, 6.07) is 2.49. The van der Waals surface area contributed by atoms with Gasteiger partial charge in [0.25, 0.3) is 0 Å². The van der Waals surface area contributed by atoms with Gasteiger partial charge in [0.15, 0.2) is 0 Å². The number of carbonyl (C=O) groups is 1. The smallest absolute Gasteiger partial charge is 0.335 e. The highest BCUT2D eigenvalue weighted by Gasteiger charge is 2.21. The third kappa shape index (κ3) is 3.46. The van der Waals surface area contributed by atoms with Crippen molar-refractivity contribution in [3.8, 4) is 0 Å². The summed E-state index contributed by atoms with van der Waals surface area (Å²) in [5.74, 6) is -0.849. The van der Waals surface area contributed by atoms with Crippen molar-refractivity contribution < 1.29 is 18.3 Å². The van der Waals surface area contributed by atoms with E-state index in [9.17, 15) is 13.2 Å². The van der Waals surface area contributed by atoms with E-state index in [1.165, 1.54) is 12.4 Å². The Morgan fingerprint density at radius 3 is 2.76 bits per heavy atom. The Morgan fingerprint density at radius 2 is 2.19 bits per heavy atom. The van der Waals surface area contributed by atoms with Crippen molar-refractivity contribution in [1.29, 1.82) is 0 Å². The largest absolute Gasteiger partial charge is 0.478 e. The molecule has 0 aliphatic heterocycles. The molecular weight excluding hydrogens is 364 g/mol. The van der Waals surface area contributed by atoms with Crippen LogP contribution in [0.25, 0.3) is 0 Å². The van der Waals surface area contributed by atoms with Gasteiger partial charge in [-0.1, -0.05) is 0 Å². The molecule has 1 aromatic carbocycles. The molecule has 0 saturated heterocycles. The molecule has 21 heavy (non-hydrogen) atoms. The fourth-order valence-corrected chi connectivity index (χ4v) is 3.64. The summed E-state index contributed by atoms with van der Waals surface area (Å²) in [6.07, 6.45) is 1.26. The maximum absolute atomic E-state index is 12.3. The van der Waals surface area contributed by atoms with E-state index in [0.29, 0.717) is 15.9 Å². The molecule has 2 rings (SSSR count). The second-order valence-electron chi connectivity index (χ2n) is 4.17. The Morgan fingerprint density at radius 1 is 1.48 bits per heavy atom. The maximum Gasteiger partial charge on any atom is 0.335 e. The van der Waals surface area contributed by atoms with Crippen molar-refractivity contribution in [3.05, 3.63) is 39.9 Å². The van der Waals surface area contributed by atoms with Gasteiger partial charge < -0.3 is 5.11 Å². The van der Waals surface area contributed by atoms with Gasteiger partial charge in [0.2, 0.25) is 10.0 Å². The number of nitrogens with one attached hydrogen (secondary N) is 2. The topological polar surface area (TPSA) is 125 Å². The molecule has 0 aliphatic carbocycles. The molecule has 0 unspecified atom stereocenters. The van der Waals surface area contributed by atoms with Gasteiger partial charge in [-0.05, 0) is 40.5 Å². The van der Waals surface area contributed by atoms with E-state index in [1.54, 1.807) is 6.92 Å². The summed E-state index contributed by atoms with van der Waals surface area (Å²) in [5, 5.41) is 15.1. The van der Waals surface area contributed by atoms with Crippen LogP contribution in [0.2, 0.25) is 0 Å². The fourth-order valence-electron chi connectivity index (χ4n) is 1.61. The number of carboxylic acids is 1. The van der Waals surface area contributed by atoms with E-state index in [1.807, 2.05) is 0 Å². The highest BCUT2D eigenvalue weighted by Crippen LogP contribution is 2.27. The van der Waals surface area contributed by atoms with Crippen molar-refractivity contribution >= 4 is 31.9 Å². The molecule has 0 amide bonds. The van der Waals surface area contributed by atoms with Crippen molar-refractivity contribution in [3.63, 3.8) is 0 Å². The number of hydrogen-bond donors (Lipinski definition) is 3. The van der Waals surface area contributed by atoms with Gasteiger partial charge in [0.05, 0.1) is 17.0 Å². The lowest BCUT2D eigenvalue weighted by atomic mass is 10.1. The predicted molar refractivity (Wildman–Crippen MR) is 76.2 cm³/mol. The molecule has 0 spiro atoms. The number of aromatic carboxylic acids is 1.